The van der Waals surface area contributed by atoms with Gasteiger partial charge in [-0.2, -0.15) is 0 Å². The van der Waals surface area contributed by atoms with E-state index in [2.05, 4.69) is 0 Å². The highest BCUT2D eigenvalue weighted by molar-refractivity contribution is 5.81. The largest absolute Gasteiger partial charge is 0.379 e. The first-order valence-corrected chi connectivity index (χ1v) is 5.42. The van der Waals surface area contributed by atoms with Crippen LogP contribution in [0.2, 0.25) is 0 Å². The number of nitrogens with zero attached hydrogens (tertiary/aromatic N) is 4. The van der Waals surface area contributed by atoms with Crippen LogP contribution in [0.25, 0.3) is 11.0 Å². The number of fused-ring (bicyclic) bond motifs is 1. The van der Waals surface area contributed by atoms with E-state index < -0.39 is 38.5 Å². The Bertz CT molecular complexity index is 932. The van der Waals surface area contributed by atoms with E-state index in [0.717, 1.165) is 9.13 Å². The topological polar surface area (TPSA) is 135 Å². The lowest BCUT2D eigenvalue weighted by Crippen LogP contribution is -2.40. The number of aryl methyl sites for hydroxylation is 2. The molecule has 2 aromatic heterocycles. The number of nitrogen functional groups attached to an aromatic ring is 1. The van der Waals surface area contributed by atoms with Gasteiger partial charge in [0, 0.05) is 21.1 Å². The Morgan fingerprint density at radius 3 is 2.10 bits per heavy atom. The average Bonchev–Trinajstić information content (AvgIpc) is 2.37. The number of rotatable bonds is 1. The molecule has 106 valence electrons. The fraction of sp³-hybridized carbons (Fsp3) is 0.300. The molecule has 20 heavy (non-hydrogen) atoms. The van der Waals surface area contributed by atoms with Crippen LogP contribution in [0, 0.1) is 10.1 Å². The van der Waals surface area contributed by atoms with Crippen molar-refractivity contribution < 1.29 is 4.92 Å². The molecule has 0 spiro atoms. The monoisotopic (exact) mass is 281 g/mol. The molecule has 0 unspecified atom stereocenters. The third-order valence-corrected chi connectivity index (χ3v) is 3.18. The lowest BCUT2D eigenvalue weighted by Gasteiger charge is -2.13. The second-order valence-corrected chi connectivity index (χ2v) is 4.28. The molecule has 10 nitrogen and oxygen atoms in total. The number of anilines is 1. The quantitative estimate of drug-likeness (QED) is 0.495. The summed E-state index contributed by atoms with van der Waals surface area (Å²) in [6, 6.07) is 0. The minimum Gasteiger partial charge on any atom is -0.379 e. The van der Waals surface area contributed by atoms with Gasteiger partial charge in [0.25, 0.3) is 11.0 Å². The molecule has 0 saturated heterocycles. The summed E-state index contributed by atoms with van der Waals surface area (Å²) in [6.45, 7) is 0. The van der Waals surface area contributed by atoms with Gasteiger partial charge in [-0.15, -0.1) is 0 Å². The van der Waals surface area contributed by atoms with Gasteiger partial charge in [-0.05, 0) is 0 Å². The van der Waals surface area contributed by atoms with Gasteiger partial charge in [-0.25, -0.2) is 4.79 Å². The minimum atomic E-state index is -1.10. The van der Waals surface area contributed by atoms with Crippen molar-refractivity contribution in [1.29, 1.82) is 0 Å². The lowest BCUT2D eigenvalue weighted by molar-refractivity contribution is -0.385. The second-order valence-electron chi connectivity index (χ2n) is 4.28. The van der Waals surface area contributed by atoms with Gasteiger partial charge >= 0.3 is 11.4 Å². The molecule has 0 aliphatic carbocycles. The highest BCUT2D eigenvalue weighted by Gasteiger charge is 2.26. The highest BCUT2D eigenvalue weighted by Crippen LogP contribution is 2.19. The number of nitro groups is 1. The van der Waals surface area contributed by atoms with Gasteiger partial charge in [-0.1, -0.05) is 0 Å². The molecule has 10 heteroatoms. The zero-order valence-corrected chi connectivity index (χ0v) is 10.9. The second kappa shape index (κ2) is 4.05. The zero-order chi connectivity index (χ0) is 15.4. The fourth-order valence-electron chi connectivity index (χ4n) is 2.11. The van der Waals surface area contributed by atoms with Crippen molar-refractivity contribution >= 4 is 22.5 Å². The molecule has 0 fully saturated rings. The average molecular weight is 281 g/mol. The van der Waals surface area contributed by atoms with Crippen LogP contribution < -0.4 is 22.4 Å². The third kappa shape index (κ3) is 1.47. The van der Waals surface area contributed by atoms with Crippen molar-refractivity contribution in [3.63, 3.8) is 0 Å². The molecule has 2 aromatic rings. The van der Waals surface area contributed by atoms with Gasteiger partial charge in [0.1, 0.15) is 11.0 Å². The zero-order valence-electron chi connectivity index (χ0n) is 10.9. The number of nitrogens with two attached hydrogens (primary N) is 1. The predicted molar refractivity (Wildman–Crippen MR) is 70.7 cm³/mol. The van der Waals surface area contributed by atoms with E-state index in [-0.39, 0.29) is 5.65 Å². The van der Waals surface area contributed by atoms with Crippen molar-refractivity contribution in [2.45, 2.75) is 0 Å². The van der Waals surface area contributed by atoms with E-state index in [4.69, 9.17) is 5.73 Å². The summed E-state index contributed by atoms with van der Waals surface area (Å²) in [6.07, 6.45) is 0. The summed E-state index contributed by atoms with van der Waals surface area (Å²) >= 11 is 0. The van der Waals surface area contributed by atoms with Crippen LogP contribution in [0.4, 0.5) is 11.5 Å². The van der Waals surface area contributed by atoms with Crippen LogP contribution in [-0.2, 0) is 21.1 Å². The molecule has 2 N–H and O–H groups in total. The van der Waals surface area contributed by atoms with E-state index in [1.807, 2.05) is 0 Å². The number of hydrogen-bond donors (Lipinski definition) is 1. The van der Waals surface area contributed by atoms with Crippen LogP contribution in [0.15, 0.2) is 14.4 Å². The van der Waals surface area contributed by atoms with E-state index in [1.54, 1.807) is 0 Å². The highest BCUT2D eigenvalue weighted by atomic mass is 16.6. The molecular formula is C10H11N5O5. The molecule has 0 saturated carbocycles. The summed E-state index contributed by atoms with van der Waals surface area (Å²) in [4.78, 5) is 46.0. The first-order valence-electron chi connectivity index (χ1n) is 5.42. The Morgan fingerprint density at radius 2 is 1.60 bits per heavy atom. The van der Waals surface area contributed by atoms with Gasteiger partial charge in [-0.3, -0.25) is 28.8 Å². The Balaban J connectivity index is 3.36. The third-order valence-electron chi connectivity index (χ3n) is 3.18. The van der Waals surface area contributed by atoms with Crippen LogP contribution in [0.5, 0.6) is 0 Å². The van der Waals surface area contributed by atoms with Crippen LogP contribution >= 0.6 is 0 Å². The van der Waals surface area contributed by atoms with Gasteiger partial charge in [0.2, 0.25) is 0 Å². The molecule has 0 aliphatic heterocycles. The van der Waals surface area contributed by atoms with E-state index >= 15 is 0 Å². The maximum atomic E-state index is 12.1. The van der Waals surface area contributed by atoms with Crippen LogP contribution in [0.3, 0.4) is 0 Å². The van der Waals surface area contributed by atoms with Crippen molar-refractivity contribution in [2.24, 2.45) is 21.1 Å². The molecule has 0 bridgehead atoms. The van der Waals surface area contributed by atoms with Crippen molar-refractivity contribution in [2.75, 3.05) is 5.73 Å². The SMILES string of the molecule is Cn1c(=O)c2c(=O)c([N+](=O)[O-])c(N)n(C)c2n(C)c1=O. The summed E-state index contributed by atoms with van der Waals surface area (Å²) < 4.78 is 2.83. The number of pyridine rings is 1. The maximum absolute atomic E-state index is 12.1. The van der Waals surface area contributed by atoms with E-state index in [9.17, 15) is 24.5 Å². The molecule has 2 rings (SSSR count). The van der Waals surface area contributed by atoms with E-state index in [1.165, 1.54) is 21.1 Å². The predicted octanol–water partition coefficient (Wildman–Crippen LogP) is -1.57. The fourth-order valence-corrected chi connectivity index (χ4v) is 2.11. The smallest absolute Gasteiger partial charge is 0.357 e. The first-order chi connectivity index (χ1) is 9.20. The molecule has 0 aliphatic rings. The number of aromatic nitrogens is 3. The van der Waals surface area contributed by atoms with Crippen molar-refractivity contribution in [3.05, 3.63) is 41.2 Å². The first kappa shape index (κ1) is 13.5. The Hall–Kier alpha value is -2.91. The van der Waals surface area contributed by atoms with Gasteiger partial charge in [0.15, 0.2) is 5.82 Å². The van der Waals surface area contributed by atoms with Gasteiger partial charge < -0.3 is 10.3 Å². The summed E-state index contributed by atoms with van der Waals surface area (Å²) in [5.41, 5.74) is 1.95. The Kier molecular flexibility index (Phi) is 2.74. The summed E-state index contributed by atoms with van der Waals surface area (Å²) in [5.74, 6) is -0.421. The lowest BCUT2D eigenvalue weighted by atomic mass is 10.2. The van der Waals surface area contributed by atoms with Crippen LogP contribution in [0.1, 0.15) is 0 Å². The summed E-state index contributed by atoms with van der Waals surface area (Å²) in [7, 11) is 3.86. The summed E-state index contributed by atoms with van der Waals surface area (Å²) in [5, 5.41) is 10.5. The normalized spacial score (nSPS) is 10.9. The number of hydrogen-bond acceptors (Lipinski definition) is 6. The van der Waals surface area contributed by atoms with Crippen LogP contribution in [-0.4, -0.2) is 18.6 Å². The molecule has 2 heterocycles. The molecular weight excluding hydrogens is 270 g/mol. The molecule has 0 radical (unpaired) electrons. The molecule has 0 aromatic carbocycles. The van der Waals surface area contributed by atoms with Gasteiger partial charge in [0.05, 0.1) is 4.92 Å². The van der Waals surface area contributed by atoms with Crippen molar-refractivity contribution in [1.82, 2.24) is 13.7 Å². The van der Waals surface area contributed by atoms with E-state index in [0.29, 0.717) is 4.57 Å². The Labute approximate surface area is 110 Å². The standard InChI is InChI=1S/C10H11N5O5/c1-12-7(11)5(15(19)20)6(16)4-8(12)13(2)10(18)14(3)9(4)17/h11H2,1-3H3. The minimum absolute atomic E-state index is 0.0637. The Morgan fingerprint density at radius 1 is 1.05 bits per heavy atom. The van der Waals surface area contributed by atoms with Crippen molar-refractivity contribution in [3.8, 4) is 0 Å². The molecule has 0 amide bonds. The molecule has 0 atom stereocenters. The maximum Gasteiger partial charge on any atom is 0.357 e.